The molecule has 0 amide bonds. The molecule has 47 heavy (non-hydrogen) atoms. The van der Waals surface area contributed by atoms with Gasteiger partial charge in [-0.1, -0.05) is 152 Å². The summed E-state index contributed by atoms with van der Waals surface area (Å²) in [4.78, 5) is 0. The molecule has 1 aliphatic rings. The minimum atomic E-state index is 0.897. The Bertz CT molecular complexity index is 2640. The van der Waals surface area contributed by atoms with E-state index in [1.807, 2.05) is 0 Å². The highest BCUT2D eigenvalue weighted by atomic mass is 16.5. The van der Waals surface area contributed by atoms with Gasteiger partial charge in [0.1, 0.15) is 11.5 Å². The minimum Gasteiger partial charge on any atom is -0.456 e. The normalized spacial score (nSPS) is 12.0. The van der Waals surface area contributed by atoms with Crippen molar-refractivity contribution in [1.29, 1.82) is 0 Å². The van der Waals surface area contributed by atoms with Crippen LogP contribution in [0.5, 0.6) is 11.5 Å². The maximum absolute atomic E-state index is 6.62. The highest BCUT2D eigenvalue weighted by Gasteiger charge is 2.23. The predicted molar refractivity (Wildman–Crippen MR) is 198 cm³/mol. The third kappa shape index (κ3) is 3.90. The molecule has 1 nitrogen and oxygen atoms in total. The molecule has 0 N–H and O–H groups in total. The van der Waals surface area contributed by atoms with Crippen LogP contribution in [0.15, 0.2) is 170 Å². The van der Waals surface area contributed by atoms with E-state index in [-0.39, 0.29) is 0 Å². The lowest BCUT2D eigenvalue weighted by Gasteiger charge is -2.23. The van der Waals surface area contributed by atoms with Gasteiger partial charge in [-0.25, -0.2) is 0 Å². The van der Waals surface area contributed by atoms with Crippen LogP contribution in [0.4, 0.5) is 0 Å². The van der Waals surface area contributed by atoms with Crippen molar-refractivity contribution in [3.05, 3.63) is 170 Å². The first kappa shape index (κ1) is 26.1. The first-order chi connectivity index (χ1) is 23.3. The number of ether oxygens (including phenoxy) is 1. The summed E-state index contributed by atoms with van der Waals surface area (Å²) in [6, 6.07) is 61.5. The summed E-state index contributed by atoms with van der Waals surface area (Å²) in [5.74, 6) is 1.81. The molecular formula is C46H28O. The van der Waals surface area contributed by atoms with Crippen molar-refractivity contribution < 1.29 is 4.74 Å². The number of rotatable bonds is 3. The molecule has 1 aliphatic heterocycles. The van der Waals surface area contributed by atoms with Gasteiger partial charge in [0.15, 0.2) is 0 Å². The third-order valence-corrected chi connectivity index (χ3v) is 9.86. The molecule has 9 aromatic carbocycles. The van der Waals surface area contributed by atoms with Crippen molar-refractivity contribution in [2.75, 3.05) is 0 Å². The van der Waals surface area contributed by atoms with Gasteiger partial charge in [-0.2, -0.15) is 0 Å². The Labute approximate surface area is 272 Å². The standard InChI is InChI=1S/C46H28O/c1-2-12-29(13-3-1)32-26-27-41(34-17-5-4-16-33(32)34)46-39-20-8-6-18-37(39)44(38-19-7-9-21-40(38)46)31-24-25-35-36-22-10-14-30-15-11-23-42(45(30)36)47-43(35)28-31/h1-28H. The zero-order valence-corrected chi connectivity index (χ0v) is 25.6. The molecule has 0 atom stereocenters. The van der Waals surface area contributed by atoms with Gasteiger partial charge in [0, 0.05) is 10.9 Å². The Morgan fingerprint density at radius 2 is 0.851 bits per heavy atom. The van der Waals surface area contributed by atoms with Crippen molar-refractivity contribution >= 4 is 43.1 Å². The molecule has 0 saturated carbocycles. The molecule has 0 spiro atoms. The van der Waals surface area contributed by atoms with Crippen LogP contribution in [0.3, 0.4) is 0 Å². The molecule has 9 aromatic rings. The predicted octanol–water partition coefficient (Wildman–Crippen LogP) is 13.1. The van der Waals surface area contributed by atoms with E-state index >= 15 is 0 Å². The average molecular weight is 597 g/mol. The molecule has 0 unspecified atom stereocenters. The molecule has 0 aliphatic carbocycles. The van der Waals surface area contributed by atoms with E-state index < -0.39 is 0 Å². The van der Waals surface area contributed by atoms with Crippen molar-refractivity contribution in [1.82, 2.24) is 0 Å². The van der Waals surface area contributed by atoms with Crippen LogP contribution >= 0.6 is 0 Å². The van der Waals surface area contributed by atoms with Crippen LogP contribution in [0.1, 0.15) is 0 Å². The highest BCUT2D eigenvalue weighted by Crippen LogP contribution is 2.50. The average Bonchev–Trinajstić information content (AvgIpc) is 3.14. The van der Waals surface area contributed by atoms with Gasteiger partial charge < -0.3 is 4.74 Å². The van der Waals surface area contributed by atoms with Gasteiger partial charge >= 0.3 is 0 Å². The van der Waals surface area contributed by atoms with Gasteiger partial charge in [-0.3, -0.25) is 0 Å². The Kier molecular flexibility index (Phi) is 5.64. The molecular weight excluding hydrogens is 569 g/mol. The van der Waals surface area contributed by atoms with Gasteiger partial charge in [-0.05, 0) is 94.8 Å². The molecule has 0 bridgehead atoms. The SMILES string of the molecule is c1ccc(-c2ccc(-c3c4ccccc4c(-c4ccc5c(c4)Oc4cccc6cccc-5c46)c4ccccc34)c3ccccc23)cc1. The zero-order chi connectivity index (χ0) is 30.9. The molecule has 218 valence electrons. The lowest BCUT2D eigenvalue weighted by atomic mass is 9.83. The first-order valence-electron chi connectivity index (χ1n) is 16.2. The van der Waals surface area contributed by atoms with Crippen molar-refractivity contribution in [2.24, 2.45) is 0 Å². The lowest BCUT2D eigenvalue weighted by Crippen LogP contribution is -1.98. The van der Waals surface area contributed by atoms with Crippen LogP contribution in [0, 0.1) is 0 Å². The van der Waals surface area contributed by atoms with E-state index in [2.05, 4.69) is 170 Å². The number of fused-ring (bicyclic) bond motifs is 5. The molecule has 1 heterocycles. The molecule has 0 saturated heterocycles. The van der Waals surface area contributed by atoms with Crippen molar-refractivity contribution in [2.45, 2.75) is 0 Å². The minimum absolute atomic E-state index is 0.897. The Morgan fingerprint density at radius 3 is 1.55 bits per heavy atom. The Morgan fingerprint density at radius 1 is 0.298 bits per heavy atom. The fourth-order valence-electron chi connectivity index (χ4n) is 7.84. The fraction of sp³-hybridized carbons (Fsp3) is 0. The zero-order valence-electron chi connectivity index (χ0n) is 25.6. The lowest BCUT2D eigenvalue weighted by molar-refractivity contribution is 0.487. The maximum atomic E-state index is 6.62. The molecule has 0 fully saturated rings. The van der Waals surface area contributed by atoms with Gasteiger partial charge in [0.05, 0.1) is 0 Å². The summed E-state index contributed by atoms with van der Waals surface area (Å²) >= 11 is 0. The number of benzene rings is 9. The summed E-state index contributed by atoms with van der Waals surface area (Å²) < 4.78 is 6.62. The highest BCUT2D eigenvalue weighted by molar-refractivity contribution is 6.24. The Hall–Kier alpha value is -6.18. The summed E-state index contributed by atoms with van der Waals surface area (Å²) in [6.07, 6.45) is 0. The van der Waals surface area contributed by atoms with Crippen LogP contribution in [-0.2, 0) is 0 Å². The summed E-state index contributed by atoms with van der Waals surface area (Å²) in [6.45, 7) is 0. The number of hydrogen-bond acceptors (Lipinski definition) is 1. The van der Waals surface area contributed by atoms with E-state index in [0.717, 1.165) is 22.6 Å². The third-order valence-electron chi connectivity index (χ3n) is 9.86. The van der Waals surface area contributed by atoms with Crippen molar-refractivity contribution in [3.8, 4) is 56.0 Å². The molecule has 0 radical (unpaired) electrons. The van der Waals surface area contributed by atoms with E-state index in [1.54, 1.807) is 0 Å². The second kappa shape index (κ2) is 10.2. The smallest absolute Gasteiger partial charge is 0.135 e. The number of hydrogen-bond donors (Lipinski definition) is 0. The first-order valence-corrected chi connectivity index (χ1v) is 16.2. The molecule has 1 heteroatoms. The van der Waals surface area contributed by atoms with E-state index in [4.69, 9.17) is 4.74 Å². The van der Waals surface area contributed by atoms with Gasteiger partial charge in [-0.15, -0.1) is 0 Å². The molecule has 10 rings (SSSR count). The van der Waals surface area contributed by atoms with E-state index in [0.29, 0.717) is 0 Å². The molecule has 0 aromatic heterocycles. The quantitative estimate of drug-likeness (QED) is 0.184. The van der Waals surface area contributed by atoms with E-state index in [9.17, 15) is 0 Å². The largest absolute Gasteiger partial charge is 0.456 e. The van der Waals surface area contributed by atoms with Gasteiger partial charge in [0.25, 0.3) is 0 Å². The summed E-state index contributed by atoms with van der Waals surface area (Å²) in [5.41, 5.74) is 9.74. The topological polar surface area (TPSA) is 9.23 Å². The van der Waals surface area contributed by atoms with Gasteiger partial charge in [0.2, 0.25) is 0 Å². The van der Waals surface area contributed by atoms with E-state index in [1.165, 1.54) is 76.5 Å². The monoisotopic (exact) mass is 596 g/mol. The fourth-order valence-corrected chi connectivity index (χ4v) is 7.84. The van der Waals surface area contributed by atoms with Crippen LogP contribution in [0.25, 0.3) is 87.6 Å². The van der Waals surface area contributed by atoms with Crippen LogP contribution in [0.2, 0.25) is 0 Å². The summed E-state index contributed by atoms with van der Waals surface area (Å²) in [5, 5.41) is 9.85. The Balaban J connectivity index is 1.24. The second-order valence-electron chi connectivity index (χ2n) is 12.4. The summed E-state index contributed by atoms with van der Waals surface area (Å²) in [7, 11) is 0. The second-order valence-corrected chi connectivity index (χ2v) is 12.4. The van der Waals surface area contributed by atoms with Crippen molar-refractivity contribution in [3.63, 3.8) is 0 Å². The maximum Gasteiger partial charge on any atom is 0.135 e. The van der Waals surface area contributed by atoms with Crippen LogP contribution < -0.4 is 4.74 Å². The van der Waals surface area contributed by atoms with Crippen LogP contribution in [-0.4, -0.2) is 0 Å².